The first-order chi connectivity index (χ1) is 8.40. The second kappa shape index (κ2) is 6.43. The van der Waals surface area contributed by atoms with Crippen molar-refractivity contribution in [3.63, 3.8) is 0 Å². The molecule has 0 spiro atoms. The summed E-state index contributed by atoms with van der Waals surface area (Å²) < 4.78 is 153. The van der Waals surface area contributed by atoms with Crippen LogP contribution in [0.3, 0.4) is 0 Å². The standard InChI is InChI=1S/C5HF11O3S.Na/c6-1(7,2(8,9)10)3(11,12)19-4(13,14)5(15,16)20(17)18;/h(H,17,18);/q;+1/p-1. The molecule has 0 aliphatic rings. The molecule has 0 bridgehead atoms. The second-order valence-electron chi connectivity index (χ2n) is 2.96. The summed E-state index contributed by atoms with van der Waals surface area (Å²) in [5, 5.41) is -6.47. The first-order valence-electron chi connectivity index (χ1n) is 3.77. The molecule has 0 aliphatic carbocycles. The van der Waals surface area contributed by atoms with Crippen molar-refractivity contribution in [2.75, 3.05) is 0 Å². The van der Waals surface area contributed by atoms with Crippen molar-refractivity contribution in [2.24, 2.45) is 0 Å². The molecule has 1 unspecified atom stereocenters. The van der Waals surface area contributed by atoms with Gasteiger partial charge in [-0.05, 0) is 0 Å². The van der Waals surface area contributed by atoms with Crippen LogP contribution in [0, 0.1) is 0 Å². The summed E-state index contributed by atoms with van der Waals surface area (Å²) in [5.41, 5.74) is 0. The molecule has 1 atom stereocenters. The SMILES string of the molecule is O=S([O-])C(F)(F)C(F)(F)OC(F)(F)C(F)(F)C(F)(F)F.[Na+]. The first-order valence-corrected chi connectivity index (χ1v) is 4.85. The van der Waals surface area contributed by atoms with Crippen molar-refractivity contribution < 1.29 is 91.4 Å². The van der Waals surface area contributed by atoms with Gasteiger partial charge in [-0.3, -0.25) is 4.21 Å². The van der Waals surface area contributed by atoms with Crippen molar-refractivity contribution in [2.45, 2.75) is 29.6 Å². The Labute approximate surface area is 132 Å². The summed E-state index contributed by atoms with van der Waals surface area (Å²) in [6.45, 7) is 0. The fourth-order valence-electron chi connectivity index (χ4n) is 0.547. The fourth-order valence-corrected chi connectivity index (χ4v) is 0.782. The third-order valence-corrected chi connectivity index (χ3v) is 2.18. The molecule has 0 saturated carbocycles. The maximum absolute atomic E-state index is 12.3. The van der Waals surface area contributed by atoms with Gasteiger partial charge in [0.15, 0.2) is 0 Å². The fraction of sp³-hybridized carbons (Fsp3) is 1.00. The van der Waals surface area contributed by atoms with Gasteiger partial charge in [-0.15, -0.1) is 0 Å². The predicted molar refractivity (Wildman–Crippen MR) is 35.8 cm³/mol. The molecule has 0 radical (unpaired) electrons. The number of hydrogen-bond acceptors (Lipinski definition) is 3. The van der Waals surface area contributed by atoms with E-state index >= 15 is 0 Å². The van der Waals surface area contributed by atoms with Gasteiger partial charge in [-0.2, -0.15) is 48.3 Å². The summed E-state index contributed by atoms with van der Waals surface area (Å²) in [6.07, 6.45) is -21.1. The van der Waals surface area contributed by atoms with Gasteiger partial charge in [0.05, 0.1) is 0 Å². The zero-order valence-corrected chi connectivity index (χ0v) is 12.1. The van der Waals surface area contributed by atoms with Crippen LogP contribution in [0.25, 0.3) is 0 Å². The Hall–Kier alpha value is 0.300. The van der Waals surface area contributed by atoms with Crippen LogP contribution in [0.4, 0.5) is 48.3 Å². The van der Waals surface area contributed by atoms with Gasteiger partial charge in [0, 0.05) is 11.1 Å². The molecule has 3 nitrogen and oxygen atoms in total. The van der Waals surface area contributed by atoms with E-state index in [1.165, 1.54) is 4.74 Å². The summed E-state index contributed by atoms with van der Waals surface area (Å²) in [4.78, 5) is 0. The molecule has 21 heavy (non-hydrogen) atoms. The van der Waals surface area contributed by atoms with Crippen molar-refractivity contribution in [3.05, 3.63) is 0 Å². The molecule has 0 aromatic carbocycles. The number of hydrogen-bond donors (Lipinski definition) is 0. The molecule has 0 aromatic heterocycles. The Morgan fingerprint density at radius 3 is 1.33 bits per heavy atom. The molecule has 0 amide bonds. The Kier molecular flexibility index (Phi) is 7.21. The molecule has 0 aromatic rings. The number of alkyl halides is 11. The van der Waals surface area contributed by atoms with Crippen LogP contribution in [-0.4, -0.2) is 38.3 Å². The van der Waals surface area contributed by atoms with Gasteiger partial charge < -0.3 is 4.55 Å². The third-order valence-electron chi connectivity index (χ3n) is 1.53. The summed E-state index contributed by atoms with van der Waals surface area (Å²) in [5.74, 6) is -7.27. The second-order valence-corrected chi connectivity index (χ2v) is 3.94. The molecule has 0 fully saturated rings. The molecule has 122 valence electrons. The minimum atomic E-state index is -7.27. The van der Waals surface area contributed by atoms with Crippen LogP contribution >= 0.6 is 0 Å². The maximum Gasteiger partial charge on any atom is 1.00 e. The zero-order chi connectivity index (χ0) is 16.8. The largest absolute Gasteiger partial charge is 1.00 e. The number of ether oxygens (including phenoxy) is 1. The molecule has 16 heteroatoms. The van der Waals surface area contributed by atoms with E-state index in [9.17, 15) is 57.1 Å². The van der Waals surface area contributed by atoms with E-state index in [0.717, 1.165) is 0 Å². The Morgan fingerprint density at radius 2 is 1.10 bits per heavy atom. The minimum absolute atomic E-state index is 0. The normalized spacial score (nSPS) is 16.4. The van der Waals surface area contributed by atoms with Gasteiger partial charge in [-0.1, -0.05) is 0 Å². The Morgan fingerprint density at radius 1 is 0.762 bits per heavy atom. The first kappa shape index (κ1) is 23.6. The molecule has 0 saturated heterocycles. The van der Waals surface area contributed by atoms with E-state index in [0.29, 0.717) is 0 Å². The van der Waals surface area contributed by atoms with E-state index in [2.05, 4.69) is 0 Å². The Bertz CT molecular complexity index is 394. The van der Waals surface area contributed by atoms with Gasteiger partial charge in [-0.25, -0.2) is 4.74 Å². The third kappa shape index (κ3) is 4.40. The van der Waals surface area contributed by atoms with Crippen LogP contribution in [0.15, 0.2) is 0 Å². The van der Waals surface area contributed by atoms with Gasteiger partial charge in [0.25, 0.3) is 0 Å². The van der Waals surface area contributed by atoms with E-state index in [4.69, 9.17) is 0 Å². The van der Waals surface area contributed by atoms with Gasteiger partial charge in [0.2, 0.25) is 0 Å². The zero-order valence-electron chi connectivity index (χ0n) is 9.29. The maximum atomic E-state index is 12.3. The average Bonchev–Trinajstić information content (AvgIpc) is 2.12. The van der Waals surface area contributed by atoms with Crippen LogP contribution < -0.4 is 29.6 Å². The van der Waals surface area contributed by atoms with E-state index < -0.39 is 40.7 Å². The van der Waals surface area contributed by atoms with Crippen LogP contribution in [0.2, 0.25) is 0 Å². The van der Waals surface area contributed by atoms with Crippen LogP contribution in [-0.2, 0) is 15.8 Å². The van der Waals surface area contributed by atoms with E-state index in [1.54, 1.807) is 0 Å². The van der Waals surface area contributed by atoms with Gasteiger partial charge in [0.1, 0.15) is 0 Å². The van der Waals surface area contributed by atoms with Crippen molar-refractivity contribution in [1.82, 2.24) is 0 Å². The predicted octanol–water partition coefficient (Wildman–Crippen LogP) is -0.138. The minimum Gasteiger partial charge on any atom is -0.768 e. The molecule has 0 heterocycles. The monoisotopic (exact) mass is 372 g/mol. The Balaban J connectivity index is 0. The van der Waals surface area contributed by atoms with Crippen molar-refractivity contribution >= 4 is 11.1 Å². The average molecular weight is 372 g/mol. The van der Waals surface area contributed by atoms with Crippen molar-refractivity contribution in [1.29, 1.82) is 0 Å². The molecular formula is C5F11NaO3S. The smallest absolute Gasteiger partial charge is 0.768 e. The summed E-state index contributed by atoms with van der Waals surface area (Å²) in [7, 11) is 0. The van der Waals surface area contributed by atoms with E-state index in [1.807, 2.05) is 0 Å². The van der Waals surface area contributed by atoms with Crippen molar-refractivity contribution in [3.8, 4) is 0 Å². The van der Waals surface area contributed by atoms with Crippen LogP contribution in [0.1, 0.15) is 0 Å². The number of rotatable bonds is 5. The molecule has 0 N–H and O–H groups in total. The quantitative estimate of drug-likeness (QED) is 0.384. The topological polar surface area (TPSA) is 49.4 Å². The van der Waals surface area contributed by atoms with Crippen LogP contribution in [0.5, 0.6) is 0 Å². The summed E-state index contributed by atoms with van der Waals surface area (Å²) >= 11 is -5.15. The number of halogens is 11. The molecule has 0 rings (SSSR count). The molecule has 0 aliphatic heterocycles. The van der Waals surface area contributed by atoms with E-state index in [-0.39, 0.29) is 29.6 Å². The van der Waals surface area contributed by atoms with Gasteiger partial charge >= 0.3 is 59.1 Å². The summed E-state index contributed by atoms with van der Waals surface area (Å²) in [6, 6.07) is 0. The molecular weight excluding hydrogens is 372 g/mol.